The van der Waals surface area contributed by atoms with Gasteiger partial charge in [0.1, 0.15) is 17.2 Å². The van der Waals surface area contributed by atoms with Gasteiger partial charge in [-0.25, -0.2) is 8.78 Å². The summed E-state index contributed by atoms with van der Waals surface area (Å²) in [5.74, 6) is -2.27. The molecule has 1 aliphatic rings. The van der Waals surface area contributed by atoms with Crippen LogP contribution >= 0.6 is 15.9 Å². The van der Waals surface area contributed by atoms with Gasteiger partial charge in [0, 0.05) is 29.6 Å². The summed E-state index contributed by atoms with van der Waals surface area (Å²) in [5.41, 5.74) is -0.483. The van der Waals surface area contributed by atoms with Crippen LogP contribution in [0.2, 0.25) is 0 Å². The summed E-state index contributed by atoms with van der Waals surface area (Å²) in [6, 6.07) is 2.01. The van der Waals surface area contributed by atoms with Crippen molar-refractivity contribution in [2.75, 3.05) is 13.1 Å². The number of halogens is 3. The molecule has 1 N–H and O–H groups in total. The fourth-order valence-corrected chi connectivity index (χ4v) is 2.81. The monoisotopic (exact) mass is 332 g/mol. The van der Waals surface area contributed by atoms with Crippen LogP contribution in [0.5, 0.6) is 0 Å². The molecular weight excluding hydrogens is 318 g/mol. The molecule has 0 saturated carbocycles. The lowest BCUT2D eigenvalue weighted by Crippen LogP contribution is -2.57. The Labute approximate surface area is 119 Å². The molecule has 0 aromatic heterocycles. The van der Waals surface area contributed by atoms with E-state index in [2.05, 4.69) is 21.2 Å². The van der Waals surface area contributed by atoms with Gasteiger partial charge in [0.05, 0.1) is 0 Å². The van der Waals surface area contributed by atoms with Crippen LogP contribution in [0.3, 0.4) is 0 Å². The number of piperazine rings is 1. The minimum absolute atomic E-state index is 0.0984. The van der Waals surface area contributed by atoms with E-state index in [4.69, 9.17) is 0 Å². The lowest BCUT2D eigenvalue weighted by Gasteiger charge is -2.39. The second-order valence-electron chi connectivity index (χ2n) is 4.81. The first kappa shape index (κ1) is 14.4. The Bertz CT molecular complexity index is 476. The smallest absolute Gasteiger partial charge is 0.260 e. The summed E-state index contributed by atoms with van der Waals surface area (Å²) in [7, 11) is 0. The van der Waals surface area contributed by atoms with Crippen LogP contribution in [0.4, 0.5) is 8.78 Å². The van der Waals surface area contributed by atoms with Crippen molar-refractivity contribution in [3.05, 3.63) is 33.8 Å². The van der Waals surface area contributed by atoms with E-state index in [0.29, 0.717) is 13.1 Å². The highest BCUT2D eigenvalue weighted by molar-refractivity contribution is 9.10. The summed E-state index contributed by atoms with van der Waals surface area (Å²) in [6.45, 7) is 4.95. The van der Waals surface area contributed by atoms with Crippen molar-refractivity contribution >= 4 is 21.8 Å². The van der Waals surface area contributed by atoms with Crippen molar-refractivity contribution in [1.82, 2.24) is 10.2 Å². The second-order valence-corrected chi connectivity index (χ2v) is 5.73. The Morgan fingerprint density at radius 2 is 1.74 bits per heavy atom. The third-order valence-corrected chi connectivity index (χ3v) is 3.74. The summed E-state index contributed by atoms with van der Waals surface area (Å²) in [6.07, 6.45) is 0. The molecule has 1 aromatic rings. The first-order valence-electron chi connectivity index (χ1n) is 6.09. The highest BCUT2D eigenvalue weighted by Crippen LogP contribution is 2.23. The van der Waals surface area contributed by atoms with E-state index in [1.165, 1.54) is 4.90 Å². The van der Waals surface area contributed by atoms with Gasteiger partial charge in [0.25, 0.3) is 5.91 Å². The van der Waals surface area contributed by atoms with Crippen molar-refractivity contribution < 1.29 is 13.6 Å². The van der Waals surface area contributed by atoms with Crippen LogP contribution in [-0.2, 0) is 0 Å². The molecule has 2 unspecified atom stereocenters. The van der Waals surface area contributed by atoms with E-state index >= 15 is 0 Å². The van der Waals surface area contributed by atoms with Gasteiger partial charge < -0.3 is 10.2 Å². The van der Waals surface area contributed by atoms with Crippen LogP contribution in [-0.4, -0.2) is 36.0 Å². The largest absolute Gasteiger partial charge is 0.331 e. The maximum Gasteiger partial charge on any atom is 0.260 e. The van der Waals surface area contributed by atoms with E-state index in [-0.39, 0.29) is 16.6 Å². The minimum atomic E-state index is -0.838. The van der Waals surface area contributed by atoms with Crippen molar-refractivity contribution in [3.8, 4) is 0 Å². The van der Waals surface area contributed by atoms with Gasteiger partial charge in [0.2, 0.25) is 0 Å². The molecule has 1 heterocycles. The van der Waals surface area contributed by atoms with Gasteiger partial charge in [0.15, 0.2) is 0 Å². The Hall–Kier alpha value is -1.01. The lowest BCUT2D eigenvalue weighted by molar-refractivity contribution is 0.0534. The van der Waals surface area contributed by atoms with Crippen LogP contribution in [0.1, 0.15) is 24.2 Å². The average Bonchev–Trinajstić information content (AvgIpc) is 2.26. The summed E-state index contributed by atoms with van der Waals surface area (Å²) in [4.78, 5) is 13.9. The summed E-state index contributed by atoms with van der Waals surface area (Å²) >= 11 is 3.00. The standard InChI is InChI=1S/C13H15BrF2N2O/c1-7-5-17-6-8(2)18(7)13(19)12-10(15)3-9(14)4-11(12)16/h3-4,7-8,17H,5-6H2,1-2H3. The zero-order valence-corrected chi connectivity index (χ0v) is 12.3. The predicted molar refractivity (Wildman–Crippen MR) is 72.0 cm³/mol. The molecular formula is C13H15BrF2N2O. The van der Waals surface area contributed by atoms with Crippen LogP contribution in [0.15, 0.2) is 16.6 Å². The van der Waals surface area contributed by atoms with Gasteiger partial charge in [-0.05, 0) is 26.0 Å². The molecule has 104 valence electrons. The molecule has 2 rings (SSSR count). The van der Waals surface area contributed by atoms with Gasteiger partial charge in [-0.2, -0.15) is 0 Å². The number of hydrogen-bond donors (Lipinski definition) is 1. The van der Waals surface area contributed by atoms with Gasteiger partial charge >= 0.3 is 0 Å². The predicted octanol–water partition coefficient (Wildman–Crippen LogP) is 2.55. The Balaban J connectivity index is 2.38. The molecule has 1 aliphatic heterocycles. The Morgan fingerprint density at radius 3 is 2.21 bits per heavy atom. The van der Waals surface area contributed by atoms with Crippen molar-refractivity contribution in [2.24, 2.45) is 0 Å². The molecule has 2 atom stereocenters. The van der Waals surface area contributed by atoms with Crippen LogP contribution in [0.25, 0.3) is 0 Å². The molecule has 3 nitrogen and oxygen atoms in total. The fourth-order valence-electron chi connectivity index (χ4n) is 2.41. The lowest BCUT2D eigenvalue weighted by atomic mass is 10.1. The quantitative estimate of drug-likeness (QED) is 0.857. The molecule has 0 spiro atoms. The molecule has 19 heavy (non-hydrogen) atoms. The summed E-state index contributed by atoms with van der Waals surface area (Å²) < 4.78 is 28.0. The summed E-state index contributed by atoms with van der Waals surface area (Å²) in [5, 5.41) is 3.17. The van der Waals surface area contributed by atoms with E-state index in [1.54, 1.807) is 0 Å². The third kappa shape index (κ3) is 2.79. The number of rotatable bonds is 1. The van der Waals surface area contributed by atoms with E-state index in [0.717, 1.165) is 12.1 Å². The normalized spacial score (nSPS) is 23.5. The minimum Gasteiger partial charge on any atom is -0.331 e. The van der Waals surface area contributed by atoms with Crippen molar-refractivity contribution in [2.45, 2.75) is 25.9 Å². The topological polar surface area (TPSA) is 32.3 Å². The molecule has 0 bridgehead atoms. The zero-order chi connectivity index (χ0) is 14.2. The number of benzene rings is 1. The van der Waals surface area contributed by atoms with Crippen LogP contribution < -0.4 is 5.32 Å². The fraction of sp³-hybridized carbons (Fsp3) is 0.462. The molecule has 1 amide bonds. The van der Waals surface area contributed by atoms with Crippen molar-refractivity contribution in [1.29, 1.82) is 0 Å². The SMILES string of the molecule is CC1CNCC(C)N1C(=O)c1c(F)cc(Br)cc1F. The highest BCUT2D eigenvalue weighted by Gasteiger charge is 2.32. The number of nitrogens with one attached hydrogen (secondary N) is 1. The first-order chi connectivity index (χ1) is 8.91. The maximum atomic E-state index is 13.8. The Morgan fingerprint density at radius 1 is 1.26 bits per heavy atom. The number of carbonyl (C=O) groups is 1. The molecule has 0 aliphatic carbocycles. The number of hydrogen-bond acceptors (Lipinski definition) is 2. The molecule has 1 aromatic carbocycles. The zero-order valence-electron chi connectivity index (χ0n) is 10.7. The van der Waals surface area contributed by atoms with Gasteiger partial charge in [-0.3, -0.25) is 4.79 Å². The van der Waals surface area contributed by atoms with E-state index in [1.807, 2.05) is 13.8 Å². The number of nitrogens with zero attached hydrogens (tertiary/aromatic N) is 1. The maximum absolute atomic E-state index is 13.8. The molecule has 0 radical (unpaired) electrons. The van der Waals surface area contributed by atoms with Gasteiger partial charge in [-0.15, -0.1) is 0 Å². The first-order valence-corrected chi connectivity index (χ1v) is 6.89. The molecule has 6 heteroatoms. The molecule has 1 saturated heterocycles. The van der Waals surface area contributed by atoms with Gasteiger partial charge in [-0.1, -0.05) is 15.9 Å². The Kier molecular flexibility index (Phi) is 4.20. The van der Waals surface area contributed by atoms with Crippen molar-refractivity contribution in [3.63, 3.8) is 0 Å². The number of amides is 1. The highest BCUT2D eigenvalue weighted by atomic mass is 79.9. The second kappa shape index (κ2) is 5.54. The number of carbonyl (C=O) groups excluding carboxylic acids is 1. The van der Waals surface area contributed by atoms with Crippen LogP contribution in [0, 0.1) is 11.6 Å². The van der Waals surface area contributed by atoms with E-state index < -0.39 is 23.1 Å². The molecule has 1 fully saturated rings. The third-order valence-electron chi connectivity index (χ3n) is 3.28. The average molecular weight is 333 g/mol. The van der Waals surface area contributed by atoms with E-state index in [9.17, 15) is 13.6 Å².